The highest BCUT2D eigenvalue weighted by atomic mass is 35.5. The summed E-state index contributed by atoms with van der Waals surface area (Å²) in [6.07, 6.45) is 0.662. The first-order valence-electron chi connectivity index (χ1n) is 7.56. The first-order valence-corrected chi connectivity index (χ1v) is 7.93. The zero-order valence-corrected chi connectivity index (χ0v) is 13.9. The highest BCUT2D eigenvalue weighted by Crippen LogP contribution is 2.19. The average Bonchev–Trinajstić information content (AvgIpc) is 3.05. The number of nitrogens with zero attached hydrogens (tertiary/aromatic N) is 2. The molecule has 3 aromatic rings. The maximum Gasteiger partial charge on any atom is 0.227 e. The Morgan fingerprint density at radius 1 is 1.17 bits per heavy atom. The Morgan fingerprint density at radius 2 is 1.92 bits per heavy atom. The first kappa shape index (κ1) is 16.2. The maximum absolute atomic E-state index is 12.0. The van der Waals surface area contributed by atoms with Gasteiger partial charge in [-0.05, 0) is 42.8 Å². The molecule has 0 spiro atoms. The molecule has 122 valence electrons. The van der Waals surface area contributed by atoms with Gasteiger partial charge in [0.05, 0.1) is 0 Å². The number of anilines is 1. The van der Waals surface area contributed by atoms with Crippen molar-refractivity contribution in [3.63, 3.8) is 0 Å². The van der Waals surface area contributed by atoms with E-state index in [1.54, 1.807) is 12.1 Å². The van der Waals surface area contributed by atoms with Gasteiger partial charge in [-0.1, -0.05) is 35.0 Å². The van der Waals surface area contributed by atoms with E-state index in [-0.39, 0.29) is 12.3 Å². The highest BCUT2D eigenvalue weighted by Gasteiger charge is 2.11. The van der Waals surface area contributed by atoms with Crippen LogP contribution in [-0.4, -0.2) is 16.0 Å². The Hall–Kier alpha value is -2.66. The molecule has 3 rings (SSSR count). The Kier molecular flexibility index (Phi) is 4.91. The van der Waals surface area contributed by atoms with E-state index in [0.29, 0.717) is 23.2 Å². The molecule has 2 aromatic carbocycles. The molecule has 0 unspecified atom stereocenters. The van der Waals surface area contributed by atoms with E-state index >= 15 is 0 Å². The van der Waals surface area contributed by atoms with Gasteiger partial charge < -0.3 is 9.84 Å². The average molecular weight is 342 g/mol. The van der Waals surface area contributed by atoms with E-state index in [4.69, 9.17) is 16.1 Å². The Bertz CT molecular complexity index is 843. The van der Waals surface area contributed by atoms with Crippen molar-refractivity contribution >= 4 is 23.2 Å². The van der Waals surface area contributed by atoms with Crippen molar-refractivity contribution in [1.29, 1.82) is 0 Å². The maximum atomic E-state index is 12.0. The Morgan fingerprint density at radius 3 is 2.67 bits per heavy atom. The molecule has 24 heavy (non-hydrogen) atoms. The van der Waals surface area contributed by atoms with E-state index < -0.39 is 0 Å². The third kappa shape index (κ3) is 4.00. The van der Waals surface area contributed by atoms with Crippen LogP contribution in [0.5, 0.6) is 0 Å². The summed E-state index contributed by atoms with van der Waals surface area (Å²) in [5, 5.41) is 7.46. The van der Waals surface area contributed by atoms with E-state index in [1.807, 2.05) is 43.3 Å². The van der Waals surface area contributed by atoms with Gasteiger partial charge in [-0.3, -0.25) is 4.79 Å². The second-order valence-electron chi connectivity index (χ2n) is 5.38. The molecule has 0 aliphatic carbocycles. The summed E-state index contributed by atoms with van der Waals surface area (Å²) in [5.74, 6) is 0.830. The molecule has 1 amide bonds. The third-order valence-electron chi connectivity index (χ3n) is 3.56. The minimum Gasteiger partial charge on any atom is -0.339 e. The predicted octanol–water partition coefficient (Wildman–Crippen LogP) is 4.27. The van der Waals surface area contributed by atoms with E-state index in [2.05, 4.69) is 15.5 Å². The van der Waals surface area contributed by atoms with Gasteiger partial charge in [0.15, 0.2) is 0 Å². The molecule has 0 aliphatic heterocycles. The molecular weight excluding hydrogens is 326 g/mol. The lowest BCUT2D eigenvalue weighted by atomic mass is 10.2. The van der Waals surface area contributed by atoms with Crippen LogP contribution in [0, 0.1) is 6.92 Å². The smallest absolute Gasteiger partial charge is 0.227 e. The first-order chi connectivity index (χ1) is 11.6. The van der Waals surface area contributed by atoms with Crippen LogP contribution in [0.1, 0.15) is 17.9 Å². The lowest BCUT2D eigenvalue weighted by molar-refractivity contribution is -0.116. The van der Waals surface area contributed by atoms with Crippen molar-refractivity contribution in [2.75, 3.05) is 5.32 Å². The van der Waals surface area contributed by atoms with Crippen LogP contribution in [0.2, 0.25) is 5.02 Å². The normalized spacial score (nSPS) is 10.6. The number of carbonyl (C=O) groups excluding carboxylic acids is 1. The molecule has 0 aliphatic rings. The number of carbonyl (C=O) groups is 1. The van der Waals surface area contributed by atoms with Gasteiger partial charge in [-0.2, -0.15) is 4.98 Å². The number of rotatable bonds is 5. The summed E-state index contributed by atoms with van der Waals surface area (Å²) < 4.78 is 5.20. The van der Waals surface area contributed by atoms with Crippen molar-refractivity contribution in [3.8, 4) is 11.4 Å². The number of benzene rings is 2. The topological polar surface area (TPSA) is 68.0 Å². The molecule has 0 saturated carbocycles. The summed E-state index contributed by atoms with van der Waals surface area (Å²) in [6.45, 7) is 1.95. The van der Waals surface area contributed by atoms with Crippen LogP contribution in [0.4, 0.5) is 5.69 Å². The molecule has 1 N–H and O–H groups in total. The molecule has 0 radical (unpaired) electrons. The predicted molar refractivity (Wildman–Crippen MR) is 92.9 cm³/mol. The van der Waals surface area contributed by atoms with Gasteiger partial charge in [0.2, 0.25) is 17.6 Å². The number of para-hydroxylation sites is 1. The summed E-state index contributed by atoms with van der Waals surface area (Å²) in [7, 11) is 0. The largest absolute Gasteiger partial charge is 0.339 e. The molecule has 0 atom stereocenters. The second kappa shape index (κ2) is 7.27. The van der Waals surface area contributed by atoms with Gasteiger partial charge in [0, 0.05) is 29.1 Å². The Balaban J connectivity index is 1.58. The second-order valence-corrected chi connectivity index (χ2v) is 5.82. The van der Waals surface area contributed by atoms with Crippen molar-refractivity contribution < 1.29 is 9.32 Å². The number of aromatic nitrogens is 2. The summed E-state index contributed by atoms with van der Waals surface area (Å²) in [4.78, 5) is 16.3. The van der Waals surface area contributed by atoms with Crippen LogP contribution in [-0.2, 0) is 11.2 Å². The minimum atomic E-state index is -0.0875. The fraction of sp³-hybridized carbons (Fsp3) is 0.167. The summed E-state index contributed by atoms with van der Waals surface area (Å²) in [6, 6.07) is 14.8. The summed E-state index contributed by atoms with van der Waals surface area (Å²) >= 11 is 5.86. The number of aryl methyl sites for hydroxylation is 2. The van der Waals surface area contributed by atoms with Crippen molar-refractivity contribution in [1.82, 2.24) is 10.1 Å². The number of amides is 1. The molecule has 6 heteroatoms. The van der Waals surface area contributed by atoms with Gasteiger partial charge in [0.25, 0.3) is 0 Å². The zero-order valence-electron chi connectivity index (χ0n) is 13.1. The van der Waals surface area contributed by atoms with Gasteiger partial charge >= 0.3 is 0 Å². The summed E-state index contributed by atoms with van der Waals surface area (Å²) in [5.41, 5.74) is 2.65. The Labute approximate surface area is 144 Å². The molecule has 1 heterocycles. The van der Waals surface area contributed by atoms with Gasteiger partial charge in [0.1, 0.15) is 0 Å². The van der Waals surface area contributed by atoms with Crippen LogP contribution < -0.4 is 5.32 Å². The molecule has 0 bridgehead atoms. The third-order valence-corrected chi connectivity index (χ3v) is 3.81. The fourth-order valence-electron chi connectivity index (χ4n) is 2.22. The number of nitrogens with one attached hydrogen (secondary N) is 1. The van der Waals surface area contributed by atoms with E-state index in [1.165, 1.54) is 0 Å². The highest BCUT2D eigenvalue weighted by molar-refractivity contribution is 6.30. The number of halogens is 1. The van der Waals surface area contributed by atoms with Crippen molar-refractivity contribution in [2.24, 2.45) is 0 Å². The zero-order chi connectivity index (χ0) is 16.9. The molecule has 0 saturated heterocycles. The lowest BCUT2D eigenvalue weighted by Crippen LogP contribution is -2.13. The van der Waals surface area contributed by atoms with E-state index in [0.717, 1.165) is 16.8 Å². The number of hydrogen-bond donors (Lipinski definition) is 1. The monoisotopic (exact) mass is 341 g/mol. The van der Waals surface area contributed by atoms with Crippen LogP contribution in [0.3, 0.4) is 0 Å². The van der Waals surface area contributed by atoms with Crippen LogP contribution >= 0.6 is 11.6 Å². The van der Waals surface area contributed by atoms with Gasteiger partial charge in [-0.25, -0.2) is 0 Å². The standard InChI is InChI=1S/C18H16ClN3O2/c1-12-4-2-3-5-15(12)20-16(23)10-11-17-21-18(22-24-17)13-6-8-14(19)9-7-13/h2-9H,10-11H2,1H3,(H,20,23). The lowest BCUT2D eigenvalue weighted by Gasteiger charge is -2.06. The van der Waals surface area contributed by atoms with Crippen molar-refractivity contribution in [3.05, 3.63) is 65.0 Å². The van der Waals surface area contributed by atoms with Gasteiger partial charge in [-0.15, -0.1) is 0 Å². The number of hydrogen-bond acceptors (Lipinski definition) is 4. The SMILES string of the molecule is Cc1ccccc1NC(=O)CCc1nc(-c2ccc(Cl)cc2)no1. The molecule has 1 aromatic heterocycles. The quantitative estimate of drug-likeness (QED) is 0.752. The minimum absolute atomic E-state index is 0.0875. The molecule has 0 fully saturated rings. The fourth-order valence-corrected chi connectivity index (χ4v) is 2.34. The van der Waals surface area contributed by atoms with Crippen LogP contribution in [0.15, 0.2) is 53.1 Å². The van der Waals surface area contributed by atoms with Crippen LogP contribution in [0.25, 0.3) is 11.4 Å². The van der Waals surface area contributed by atoms with Crippen molar-refractivity contribution in [2.45, 2.75) is 19.8 Å². The molecular formula is C18H16ClN3O2. The van der Waals surface area contributed by atoms with E-state index in [9.17, 15) is 4.79 Å². The molecule has 5 nitrogen and oxygen atoms in total.